The molecule has 51 heavy (non-hydrogen) atoms. The maximum absolute atomic E-state index is 14.1. The van der Waals surface area contributed by atoms with E-state index in [4.69, 9.17) is 9.47 Å². The van der Waals surface area contributed by atoms with Gasteiger partial charge in [0.15, 0.2) is 0 Å². The quantitative estimate of drug-likeness (QED) is 0.159. The molecule has 0 radical (unpaired) electrons. The fourth-order valence-electron chi connectivity index (χ4n) is 7.29. The lowest BCUT2D eigenvalue weighted by Gasteiger charge is -2.41. The Morgan fingerprint density at radius 1 is 0.980 bits per heavy atom. The van der Waals surface area contributed by atoms with Crippen molar-refractivity contribution in [3.05, 3.63) is 30.1 Å². The summed E-state index contributed by atoms with van der Waals surface area (Å²) in [5.74, 6) is -1.70. The number of nitrogens with one attached hydrogen (secondary N) is 3. The molecule has 1 aliphatic rings. The van der Waals surface area contributed by atoms with Crippen LogP contribution in [-0.2, 0) is 28.7 Å². The molecule has 2 heterocycles. The number of aromatic nitrogens is 1. The highest BCUT2D eigenvalue weighted by molar-refractivity contribution is 5.90. The Morgan fingerprint density at radius 2 is 1.63 bits per heavy atom. The van der Waals surface area contributed by atoms with E-state index in [1.165, 1.54) is 0 Å². The molecule has 1 aliphatic heterocycles. The maximum Gasteiger partial charge on any atom is 0.245 e. The Morgan fingerprint density at radius 3 is 2.14 bits per heavy atom. The number of amides is 4. The van der Waals surface area contributed by atoms with E-state index < -0.39 is 48.4 Å². The zero-order valence-electron chi connectivity index (χ0n) is 33.0. The SMILES string of the molecule is CC[C@H](C)[C@@H]([C@@H](CC(=O)N1CCC[C@H]1[C@H](OC)[C@@H](C)C(=O)N[C@H](C)[C@H](O)c1ccccn1)OC)N(C)C(=O)[C@@H](NC(=O)[C@@H](NC)C(C)C)C(C)C. The number of carbonyl (C=O) groups is 4. The van der Waals surface area contributed by atoms with Gasteiger partial charge in [-0.05, 0) is 56.7 Å². The predicted molar refractivity (Wildman–Crippen MR) is 197 cm³/mol. The number of nitrogens with zero attached hydrogens (tertiary/aromatic N) is 3. The average molecular weight is 719 g/mol. The van der Waals surface area contributed by atoms with Gasteiger partial charge in [-0.25, -0.2) is 0 Å². The van der Waals surface area contributed by atoms with Gasteiger partial charge >= 0.3 is 0 Å². The number of rotatable bonds is 20. The first kappa shape index (κ1) is 44.0. The third kappa shape index (κ3) is 11.4. The van der Waals surface area contributed by atoms with Crippen LogP contribution in [0, 0.1) is 23.7 Å². The van der Waals surface area contributed by atoms with Gasteiger partial charge in [-0.15, -0.1) is 0 Å². The van der Waals surface area contributed by atoms with Crippen molar-refractivity contribution in [1.82, 2.24) is 30.7 Å². The molecule has 0 aliphatic carbocycles. The third-order valence-corrected chi connectivity index (χ3v) is 10.6. The minimum atomic E-state index is -0.986. The summed E-state index contributed by atoms with van der Waals surface area (Å²) in [5.41, 5.74) is 0.461. The van der Waals surface area contributed by atoms with Gasteiger partial charge in [0.1, 0.15) is 12.1 Å². The zero-order chi connectivity index (χ0) is 38.6. The summed E-state index contributed by atoms with van der Waals surface area (Å²) < 4.78 is 11.9. The highest BCUT2D eigenvalue weighted by atomic mass is 16.5. The van der Waals surface area contributed by atoms with E-state index in [2.05, 4.69) is 20.9 Å². The Kier molecular flexibility index (Phi) is 18.0. The summed E-state index contributed by atoms with van der Waals surface area (Å²) in [6.45, 7) is 15.8. The van der Waals surface area contributed by atoms with Crippen LogP contribution in [0.4, 0.5) is 0 Å². The molecular formula is C38H66N6O7. The standard InChI is InChI=1S/C38H66N6O7/c1-13-24(6)33(43(10)38(49)32(23(4)5)42-37(48)31(39-9)22(2)3)29(50-11)21-30(45)44-20-16-18-28(44)35(51-12)25(7)36(47)41-26(8)34(46)27-17-14-15-19-40-27/h14-15,17,19,22-26,28-29,31-35,39,46H,13,16,18,20-21H2,1-12H3,(H,41,47)(H,42,48)/t24-,25+,26+,28-,29+,31-,32-,33-,34-,35+/m0/s1. The monoisotopic (exact) mass is 718 g/mol. The number of hydrogen-bond donors (Lipinski definition) is 4. The third-order valence-electron chi connectivity index (χ3n) is 10.6. The molecule has 0 saturated carbocycles. The van der Waals surface area contributed by atoms with Gasteiger partial charge in [0.2, 0.25) is 23.6 Å². The van der Waals surface area contributed by atoms with Crippen molar-refractivity contribution in [3.63, 3.8) is 0 Å². The van der Waals surface area contributed by atoms with Crippen molar-refractivity contribution >= 4 is 23.6 Å². The summed E-state index contributed by atoms with van der Waals surface area (Å²) in [6.07, 6.45) is 1.58. The molecule has 290 valence electrons. The molecule has 0 bridgehead atoms. The molecule has 0 unspecified atom stereocenters. The number of carbonyl (C=O) groups excluding carboxylic acids is 4. The molecule has 13 nitrogen and oxygen atoms in total. The molecule has 10 atom stereocenters. The van der Waals surface area contributed by atoms with Gasteiger partial charge in [0.25, 0.3) is 0 Å². The molecule has 1 fully saturated rings. The van der Waals surface area contributed by atoms with E-state index in [0.717, 1.165) is 12.8 Å². The van der Waals surface area contributed by atoms with Gasteiger partial charge in [-0.3, -0.25) is 24.2 Å². The van der Waals surface area contributed by atoms with E-state index in [9.17, 15) is 24.3 Å². The second-order valence-electron chi connectivity index (χ2n) is 14.8. The molecule has 4 N–H and O–H groups in total. The lowest BCUT2D eigenvalue weighted by Crippen LogP contribution is -2.59. The van der Waals surface area contributed by atoms with Crippen molar-refractivity contribution in [1.29, 1.82) is 0 Å². The van der Waals surface area contributed by atoms with Crippen LogP contribution in [0.25, 0.3) is 0 Å². The zero-order valence-corrected chi connectivity index (χ0v) is 33.0. The van der Waals surface area contributed by atoms with Crippen molar-refractivity contribution in [2.45, 2.75) is 130 Å². The topological polar surface area (TPSA) is 162 Å². The first-order valence-corrected chi connectivity index (χ1v) is 18.5. The smallest absolute Gasteiger partial charge is 0.245 e. The maximum atomic E-state index is 14.1. The van der Waals surface area contributed by atoms with E-state index in [-0.39, 0.29) is 53.8 Å². The fourth-order valence-corrected chi connectivity index (χ4v) is 7.29. The minimum absolute atomic E-state index is 0.0193. The molecule has 0 spiro atoms. The fraction of sp³-hybridized carbons (Fsp3) is 0.763. The van der Waals surface area contributed by atoms with Crippen LogP contribution < -0.4 is 16.0 Å². The summed E-state index contributed by atoms with van der Waals surface area (Å²) in [6, 6.07) is 2.64. The van der Waals surface area contributed by atoms with Crippen LogP contribution in [0.2, 0.25) is 0 Å². The number of aliphatic hydroxyl groups excluding tert-OH is 1. The molecule has 1 aromatic heterocycles. The number of likely N-dealkylation sites (tertiary alicyclic amines) is 1. The van der Waals surface area contributed by atoms with Crippen molar-refractivity contribution in [2.24, 2.45) is 23.7 Å². The van der Waals surface area contributed by atoms with Crippen molar-refractivity contribution in [3.8, 4) is 0 Å². The van der Waals surface area contributed by atoms with Gasteiger partial charge in [0, 0.05) is 34.0 Å². The highest BCUT2D eigenvalue weighted by Crippen LogP contribution is 2.30. The van der Waals surface area contributed by atoms with E-state index in [0.29, 0.717) is 18.7 Å². The van der Waals surface area contributed by atoms with Gasteiger partial charge in [0.05, 0.1) is 54.4 Å². The van der Waals surface area contributed by atoms with Crippen LogP contribution in [0.1, 0.15) is 92.9 Å². The Labute approximate surface area is 306 Å². The van der Waals surface area contributed by atoms with E-state index in [1.54, 1.807) is 76.4 Å². The summed E-state index contributed by atoms with van der Waals surface area (Å²) in [4.78, 5) is 62.5. The number of hydrogen-bond acceptors (Lipinski definition) is 9. The first-order chi connectivity index (χ1) is 24.0. The molecule has 1 saturated heterocycles. The molecule has 1 aromatic rings. The first-order valence-electron chi connectivity index (χ1n) is 18.5. The van der Waals surface area contributed by atoms with E-state index in [1.807, 2.05) is 41.5 Å². The second kappa shape index (κ2) is 20.8. The Balaban J connectivity index is 2.24. The Bertz CT molecular complexity index is 1250. The van der Waals surface area contributed by atoms with Crippen LogP contribution in [-0.4, -0.2) is 121 Å². The number of likely N-dealkylation sites (N-methyl/N-ethyl adjacent to an activating group) is 2. The van der Waals surface area contributed by atoms with Gasteiger partial charge in [-0.2, -0.15) is 0 Å². The van der Waals surface area contributed by atoms with Crippen LogP contribution in [0.3, 0.4) is 0 Å². The molecule has 0 aromatic carbocycles. The summed E-state index contributed by atoms with van der Waals surface area (Å²) >= 11 is 0. The lowest BCUT2D eigenvalue weighted by molar-refractivity contribution is -0.148. The van der Waals surface area contributed by atoms with Crippen LogP contribution in [0.5, 0.6) is 0 Å². The van der Waals surface area contributed by atoms with Crippen LogP contribution >= 0.6 is 0 Å². The van der Waals surface area contributed by atoms with Crippen molar-refractivity contribution < 1.29 is 33.8 Å². The van der Waals surface area contributed by atoms with Crippen molar-refractivity contribution in [2.75, 3.05) is 34.9 Å². The Hall–Kier alpha value is -3.13. The van der Waals surface area contributed by atoms with Crippen LogP contribution in [0.15, 0.2) is 24.4 Å². The second-order valence-corrected chi connectivity index (χ2v) is 14.8. The molecule has 2 rings (SSSR count). The molecule has 13 heteroatoms. The van der Waals surface area contributed by atoms with Gasteiger partial charge < -0.3 is 40.3 Å². The summed E-state index contributed by atoms with van der Waals surface area (Å²) in [7, 11) is 6.55. The number of aliphatic hydroxyl groups is 1. The minimum Gasteiger partial charge on any atom is -0.385 e. The normalized spacial score (nSPS) is 20.1. The average Bonchev–Trinajstić information content (AvgIpc) is 3.59. The number of ether oxygens (including phenoxy) is 2. The van der Waals surface area contributed by atoms with Gasteiger partial charge in [-0.1, -0.05) is 61.0 Å². The van der Waals surface area contributed by atoms with E-state index >= 15 is 0 Å². The largest absolute Gasteiger partial charge is 0.385 e. The number of pyridine rings is 1. The summed E-state index contributed by atoms with van der Waals surface area (Å²) in [5, 5.41) is 19.7. The predicted octanol–water partition coefficient (Wildman–Crippen LogP) is 2.92. The number of methoxy groups -OCH3 is 2. The lowest BCUT2D eigenvalue weighted by atomic mass is 9.89. The highest BCUT2D eigenvalue weighted by Gasteiger charge is 2.43. The molecule has 4 amide bonds. The molecular weight excluding hydrogens is 652 g/mol.